The van der Waals surface area contributed by atoms with Crippen LogP contribution in [-0.2, 0) is 26.1 Å². The minimum absolute atomic E-state index is 0.165. The highest BCUT2D eigenvalue weighted by molar-refractivity contribution is 7.89. The molecule has 0 aromatic heterocycles. The van der Waals surface area contributed by atoms with Crippen molar-refractivity contribution in [3.8, 4) is 0 Å². The second-order valence-electron chi connectivity index (χ2n) is 4.72. The van der Waals surface area contributed by atoms with Gasteiger partial charge >= 0.3 is 0 Å². The van der Waals surface area contributed by atoms with E-state index in [1.165, 1.54) is 19.2 Å². The molecule has 0 spiro atoms. The monoisotopic (exact) mass is 329 g/mol. The lowest BCUT2D eigenvalue weighted by atomic mass is 10.2. The first kappa shape index (κ1) is 18.6. The maximum atomic E-state index is 11.8. The van der Waals surface area contributed by atoms with Gasteiger partial charge in [0, 0.05) is 26.7 Å². The van der Waals surface area contributed by atoms with Gasteiger partial charge in [-0.25, -0.2) is 13.1 Å². The molecule has 1 aromatic carbocycles. The number of hydrogen-bond donors (Lipinski definition) is 3. The fourth-order valence-electron chi connectivity index (χ4n) is 1.80. The van der Waals surface area contributed by atoms with Crippen LogP contribution < -0.4 is 15.8 Å². The van der Waals surface area contributed by atoms with Crippen LogP contribution in [0, 0.1) is 0 Å². The number of nitrogens with one attached hydrogen (secondary N) is 2. The molecule has 124 valence electrons. The molecule has 0 aliphatic heterocycles. The Labute approximate surface area is 131 Å². The van der Waals surface area contributed by atoms with Crippen LogP contribution in [0.15, 0.2) is 29.2 Å². The summed E-state index contributed by atoms with van der Waals surface area (Å²) in [7, 11) is -1.94. The van der Waals surface area contributed by atoms with Crippen molar-refractivity contribution < 1.29 is 17.9 Å². The van der Waals surface area contributed by atoms with Crippen LogP contribution in [0.4, 0.5) is 0 Å². The summed E-state index contributed by atoms with van der Waals surface area (Å²) in [6, 6.07) is 6.36. The number of hydrogen-bond acceptors (Lipinski definition) is 5. The fraction of sp³-hybridized carbons (Fsp3) is 0.500. The van der Waals surface area contributed by atoms with E-state index in [1.807, 2.05) is 0 Å². The average Bonchev–Trinajstić information content (AvgIpc) is 2.51. The lowest BCUT2D eigenvalue weighted by molar-refractivity contribution is -0.123. The molecule has 0 fully saturated rings. The summed E-state index contributed by atoms with van der Waals surface area (Å²) in [5.74, 6) is -0.165. The molecule has 0 heterocycles. The first-order valence-corrected chi connectivity index (χ1v) is 8.49. The number of amides is 1. The van der Waals surface area contributed by atoms with Crippen molar-refractivity contribution in [1.29, 1.82) is 0 Å². The first-order chi connectivity index (χ1) is 10.4. The molecule has 0 saturated carbocycles. The van der Waals surface area contributed by atoms with Gasteiger partial charge in [-0.15, -0.1) is 0 Å². The second kappa shape index (κ2) is 8.84. The Kier molecular flexibility index (Phi) is 7.46. The molecule has 1 unspecified atom stereocenters. The van der Waals surface area contributed by atoms with Crippen LogP contribution in [0.1, 0.15) is 18.9 Å². The van der Waals surface area contributed by atoms with Gasteiger partial charge in [-0.05, 0) is 17.7 Å². The Balaban J connectivity index is 2.56. The molecule has 1 atom stereocenters. The quantitative estimate of drug-likeness (QED) is 0.589. The SMILES string of the molecule is CCNS(=O)(=O)c1ccc(CNC(=O)CC(CN)OC)cc1. The van der Waals surface area contributed by atoms with E-state index in [4.69, 9.17) is 10.5 Å². The van der Waals surface area contributed by atoms with Crippen molar-refractivity contribution in [2.45, 2.75) is 30.9 Å². The third-order valence-corrected chi connectivity index (χ3v) is 4.63. The Hall–Kier alpha value is -1.48. The largest absolute Gasteiger partial charge is 0.380 e. The Morgan fingerprint density at radius 1 is 1.32 bits per heavy atom. The van der Waals surface area contributed by atoms with E-state index in [0.29, 0.717) is 13.1 Å². The molecule has 7 nitrogen and oxygen atoms in total. The average molecular weight is 329 g/mol. The van der Waals surface area contributed by atoms with E-state index < -0.39 is 10.0 Å². The van der Waals surface area contributed by atoms with E-state index in [0.717, 1.165) is 5.56 Å². The van der Waals surface area contributed by atoms with Crippen molar-refractivity contribution in [2.24, 2.45) is 5.73 Å². The molecule has 0 aliphatic carbocycles. The van der Waals surface area contributed by atoms with Crippen LogP contribution in [0.25, 0.3) is 0 Å². The molecule has 1 amide bonds. The van der Waals surface area contributed by atoms with Gasteiger partial charge in [-0.2, -0.15) is 0 Å². The molecule has 1 rings (SSSR count). The Morgan fingerprint density at radius 3 is 2.45 bits per heavy atom. The Bertz CT molecular complexity index is 568. The highest BCUT2D eigenvalue weighted by atomic mass is 32.2. The van der Waals surface area contributed by atoms with Gasteiger partial charge in [0.05, 0.1) is 17.4 Å². The molecule has 1 aromatic rings. The smallest absolute Gasteiger partial charge is 0.240 e. The lowest BCUT2D eigenvalue weighted by Crippen LogP contribution is -2.31. The molecular formula is C14H23N3O4S. The van der Waals surface area contributed by atoms with Gasteiger partial charge in [0.1, 0.15) is 0 Å². The molecule has 22 heavy (non-hydrogen) atoms. The van der Waals surface area contributed by atoms with E-state index in [2.05, 4.69) is 10.0 Å². The highest BCUT2D eigenvalue weighted by Gasteiger charge is 2.13. The topological polar surface area (TPSA) is 111 Å². The summed E-state index contributed by atoms with van der Waals surface area (Å²) in [5.41, 5.74) is 6.26. The van der Waals surface area contributed by atoms with Crippen molar-refractivity contribution in [2.75, 3.05) is 20.2 Å². The predicted molar refractivity (Wildman–Crippen MR) is 83.6 cm³/mol. The third-order valence-electron chi connectivity index (χ3n) is 3.07. The zero-order valence-electron chi connectivity index (χ0n) is 12.8. The van der Waals surface area contributed by atoms with Crippen molar-refractivity contribution in [3.63, 3.8) is 0 Å². The van der Waals surface area contributed by atoms with E-state index in [-0.39, 0.29) is 29.9 Å². The van der Waals surface area contributed by atoms with Gasteiger partial charge < -0.3 is 15.8 Å². The summed E-state index contributed by atoms with van der Waals surface area (Å²) in [4.78, 5) is 11.9. The van der Waals surface area contributed by atoms with Gasteiger partial charge in [0.15, 0.2) is 0 Å². The van der Waals surface area contributed by atoms with Crippen molar-refractivity contribution >= 4 is 15.9 Å². The first-order valence-electron chi connectivity index (χ1n) is 7.01. The lowest BCUT2D eigenvalue weighted by Gasteiger charge is -2.12. The number of benzene rings is 1. The van der Waals surface area contributed by atoms with Crippen molar-refractivity contribution in [1.82, 2.24) is 10.0 Å². The number of carbonyl (C=O) groups is 1. The zero-order chi connectivity index (χ0) is 16.6. The van der Waals surface area contributed by atoms with Crippen LogP contribution in [0.2, 0.25) is 0 Å². The molecule has 0 aliphatic rings. The van der Waals surface area contributed by atoms with Gasteiger partial charge in [-0.3, -0.25) is 4.79 Å². The number of carbonyl (C=O) groups excluding carboxylic acids is 1. The molecule has 0 radical (unpaired) electrons. The number of rotatable bonds is 9. The summed E-state index contributed by atoms with van der Waals surface area (Å²) in [6.07, 6.45) is -0.104. The van der Waals surface area contributed by atoms with E-state index in [9.17, 15) is 13.2 Å². The minimum atomic E-state index is -3.45. The van der Waals surface area contributed by atoms with Crippen LogP contribution >= 0.6 is 0 Å². The summed E-state index contributed by atoms with van der Waals surface area (Å²) >= 11 is 0. The standard InChI is InChI=1S/C14H23N3O4S/c1-3-17-22(19,20)13-6-4-11(5-7-13)10-16-14(18)8-12(9-15)21-2/h4-7,12,17H,3,8-10,15H2,1-2H3,(H,16,18). The van der Waals surface area contributed by atoms with Gasteiger partial charge in [0.2, 0.25) is 15.9 Å². The van der Waals surface area contributed by atoms with Crippen LogP contribution in [0.3, 0.4) is 0 Å². The van der Waals surface area contributed by atoms with Gasteiger partial charge in [0.25, 0.3) is 0 Å². The zero-order valence-corrected chi connectivity index (χ0v) is 13.7. The predicted octanol–water partition coefficient (Wildman–Crippen LogP) is -0.0352. The maximum absolute atomic E-state index is 11.8. The van der Waals surface area contributed by atoms with Gasteiger partial charge in [-0.1, -0.05) is 19.1 Å². The Morgan fingerprint density at radius 2 is 1.95 bits per heavy atom. The van der Waals surface area contributed by atoms with Crippen LogP contribution in [-0.4, -0.2) is 40.6 Å². The second-order valence-corrected chi connectivity index (χ2v) is 6.49. The van der Waals surface area contributed by atoms with E-state index >= 15 is 0 Å². The van der Waals surface area contributed by atoms with E-state index in [1.54, 1.807) is 19.1 Å². The third kappa shape index (κ3) is 5.72. The molecule has 0 bridgehead atoms. The molecule has 8 heteroatoms. The number of nitrogens with two attached hydrogens (primary N) is 1. The number of sulfonamides is 1. The number of methoxy groups -OCH3 is 1. The minimum Gasteiger partial charge on any atom is -0.380 e. The fourth-order valence-corrected chi connectivity index (χ4v) is 2.84. The van der Waals surface area contributed by atoms with Crippen molar-refractivity contribution in [3.05, 3.63) is 29.8 Å². The normalized spacial score (nSPS) is 12.9. The summed E-state index contributed by atoms with van der Waals surface area (Å²) < 4.78 is 31.0. The molecular weight excluding hydrogens is 306 g/mol. The molecule has 4 N–H and O–H groups in total. The summed E-state index contributed by atoms with van der Waals surface area (Å²) in [5, 5.41) is 2.74. The van der Waals surface area contributed by atoms with Crippen LogP contribution in [0.5, 0.6) is 0 Å². The highest BCUT2D eigenvalue weighted by Crippen LogP contribution is 2.10. The summed E-state index contributed by atoms with van der Waals surface area (Å²) in [6.45, 7) is 2.65. The number of ether oxygens (including phenoxy) is 1. The molecule has 0 saturated heterocycles. The maximum Gasteiger partial charge on any atom is 0.240 e.